The highest BCUT2D eigenvalue weighted by Crippen LogP contribution is 2.26. The summed E-state index contributed by atoms with van der Waals surface area (Å²) in [6, 6.07) is 14.0. The van der Waals surface area contributed by atoms with Gasteiger partial charge in [0.05, 0.1) is 6.54 Å². The largest absolute Gasteiger partial charge is 0.345 e. The van der Waals surface area contributed by atoms with Crippen LogP contribution in [0.25, 0.3) is 0 Å². The number of amides is 3. The standard InChI is InChI=1S/C22H24BrN3O3/c1-15-13-17(10-11-18(15)23)25-19(27)14-24-22(29)21(16-7-3-2-4-8-16)26-12-6-5-9-20(26)28/h2-4,7-8,10-11,13,21H,5-6,9,12,14H2,1H3,(H,24,29)(H,25,27). The Hall–Kier alpha value is -2.67. The van der Waals surface area contributed by atoms with Gasteiger partial charge in [-0.25, -0.2) is 0 Å². The minimum atomic E-state index is -0.730. The molecule has 7 heteroatoms. The molecule has 0 aromatic heterocycles. The van der Waals surface area contributed by atoms with Crippen LogP contribution in [0.3, 0.4) is 0 Å². The zero-order valence-corrected chi connectivity index (χ0v) is 17.9. The maximum Gasteiger partial charge on any atom is 0.247 e. The van der Waals surface area contributed by atoms with Crippen molar-refractivity contribution in [1.82, 2.24) is 10.2 Å². The minimum absolute atomic E-state index is 0.0324. The molecule has 0 radical (unpaired) electrons. The molecule has 0 aliphatic carbocycles. The summed E-state index contributed by atoms with van der Waals surface area (Å²) in [6.07, 6.45) is 2.15. The first-order valence-electron chi connectivity index (χ1n) is 9.64. The van der Waals surface area contributed by atoms with Gasteiger partial charge in [-0.05, 0) is 49.1 Å². The summed E-state index contributed by atoms with van der Waals surface area (Å²) >= 11 is 3.42. The number of carbonyl (C=O) groups is 3. The van der Waals surface area contributed by atoms with Crippen LogP contribution in [0.1, 0.15) is 36.4 Å². The second-order valence-corrected chi connectivity index (χ2v) is 7.94. The SMILES string of the molecule is Cc1cc(NC(=O)CNC(=O)C(c2ccccc2)N2CCCCC2=O)ccc1Br. The van der Waals surface area contributed by atoms with E-state index in [0.29, 0.717) is 18.7 Å². The number of nitrogens with one attached hydrogen (secondary N) is 2. The third-order valence-electron chi connectivity index (χ3n) is 4.90. The summed E-state index contributed by atoms with van der Waals surface area (Å²) in [6.45, 7) is 2.30. The molecule has 2 aromatic rings. The number of hydrogen-bond acceptors (Lipinski definition) is 3. The number of anilines is 1. The molecule has 3 rings (SSSR count). The minimum Gasteiger partial charge on any atom is -0.345 e. The van der Waals surface area contributed by atoms with Crippen molar-refractivity contribution >= 4 is 39.3 Å². The van der Waals surface area contributed by atoms with Crippen LogP contribution < -0.4 is 10.6 Å². The lowest BCUT2D eigenvalue weighted by Crippen LogP contribution is -2.47. The Labute approximate surface area is 178 Å². The summed E-state index contributed by atoms with van der Waals surface area (Å²) in [4.78, 5) is 39.3. The predicted molar refractivity (Wildman–Crippen MR) is 115 cm³/mol. The Morgan fingerprint density at radius 3 is 2.59 bits per heavy atom. The average Bonchev–Trinajstić information content (AvgIpc) is 2.72. The molecule has 2 N–H and O–H groups in total. The lowest BCUT2D eigenvalue weighted by atomic mass is 10.0. The van der Waals surface area contributed by atoms with Crippen LogP contribution in [0.5, 0.6) is 0 Å². The van der Waals surface area contributed by atoms with Crippen LogP contribution in [-0.2, 0) is 14.4 Å². The van der Waals surface area contributed by atoms with Crippen molar-refractivity contribution in [3.63, 3.8) is 0 Å². The molecule has 1 saturated heterocycles. The van der Waals surface area contributed by atoms with E-state index in [4.69, 9.17) is 0 Å². The van der Waals surface area contributed by atoms with Gasteiger partial charge in [0.2, 0.25) is 17.7 Å². The van der Waals surface area contributed by atoms with E-state index in [2.05, 4.69) is 26.6 Å². The molecular formula is C22H24BrN3O3. The Morgan fingerprint density at radius 1 is 1.14 bits per heavy atom. The number of rotatable bonds is 6. The normalized spacial score (nSPS) is 15.0. The van der Waals surface area contributed by atoms with Gasteiger partial charge in [0.1, 0.15) is 6.04 Å². The van der Waals surface area contributed by atoms with E-state index in [1.165, 1.54) is 0 Å². The van der Waals surface area contributed by atoms with Crippen LogP contribution in [0.2, 0.25) is 0 Å². The van der Waals surface area contributed by atoms with Gasteiger partial charge in [0.25, 0.3) is 0 Å². The van der Waals surface area contributed by atoms with Crippen molar-refractivity contribution in [2.75, 3.05) is 18.4 Å². The summed E-state index contributed by atoms with van der Waals surface area (Å²) in [5.74, 6) is -0.708. The topological polar surface area (TPSA) is 78.5 Å². The second-order valence-electron chi connectivity index (χ2n) is 7.09. The second kappa shape index (κ2) is 9.69. The third-order valence-corrected chi connectivity index (χ3v) is 5.79. The number of benzene rings is 2. The molecule has 152 valence electrons. The highest BCUT2D eigenvalue weighted by Gasteiger charge is 2.32. The molecule has 0 spiro atoms. The lowest BCUT2D eigenvalue weighted by Gasteiger charge is -2.34. The van der Waals surface area contributed by atoms with Gasteiger partial charge in [-0.2, -0.15) is 0 Å². The van der Waals surface area contributed by atoms with Crippen LogP contribution in [0, 0.1) is 6.92 Å². The molecule has 2 aromatic carbocycles. The first kappa shape index (κ1) is 21.0. The molecule has 29 heavy (non-hydrogen) atoms. The van der Waals surface area contributed by atoms with Crippen molar-refractivity contribution in [3.05, 3.63) is 64.1 Å². The highest BCUT2D eigenvalue weighted by atomic mass is 79.9. The van der Waals surface area contributed by atoms with E-state index in [-0.39, 0.29) is 24.3 Å². The molecule has 1 atom stereocenters. The van der Waals surface area contributed by atoms with Gasteiger partial charge in [-0.1, -0.05) is 46.3 Å². The van der Waals surface area contributed by atoms with Gasteiger partial charge in [-0.3, -0.25) is 14.4 Å². The first-order chi connectivity index (χ1) is 14.0. The third kappa shape index (κ3) is 5.44. The molecule has 1 unspecified atom stereocenters. The number of aryl methyl sites for hydroxylation is 1. The number of piperidine rings is 1. The zero-order chi connectivity index (χ0) is 20.8. The Balaban J connectivity index is 1.67. The van der Waals surface area contributed by atoms with Gasteiger partial charge in [-0.15, -0.1) is 0 Å². The fourth-order valence-corrected chi connectivity index (χ4v) is 3.65. The van der Waals surface area contributed by atoms with Crippen LogP contribution >= 0.6 is 15.9 Å². The van der Waals surface area contributed by atoms with Gasteiger partial charge in [0, 0.05) is 23.1 Å². The van der Waals surface area contributed by atoms with Gasteiger partial charge >= 0.3 is 0 Å². The molecule has 1 heterocycles. The predicted octanol–water partition coefficient (Wildman–Crippen LogP) is 3.57. The van der Waals surface area contributed by atoms with E-state index in [0.717, 1.165) is 28.4 Å². The molecule has 0 bridgehead atoms. The summed E-state index contributed by atoms with van der Waals surface area (Å²) in [5, 5.41) is 5.47. The van der Waals surface area contributed by atoms with E-state index in [1.54, 1.807) is 11.0 Å². The van der Waals surface area contributed by atoms with Crippen LogP contribution in [0.4, 0.5) is 5.69 Å². The maximum absolute atomic E-state index is 13.0. The van der Waals surface area contributed by atoms with Crippen molar-refractivity contribution in [3.8, 4) is 0 Å². The number of halogens is 1. The summed E-state index contributed by atoms with van der Waals surface area (Å²) in [7, 11) is 0. The number of likely N-dealkylation sites (tertiary alicyclic amines) is 1. The van der Waals surface area contributed by atoms with E-state index in [9.17, 15) is 14.4 Å². The number of hydrogen-bond donors (Lipinski definition) is 2. The zero-order valence-electron chi connectivity index (χ0n) is 16.3. The van der Waals surface area contributed by atoms with Gasteiger partial charge in [0.15, 0.2) is 0 Å². The lowest BCUT2D eigenvalue weighted by molar-refractivity contribution is -0.142. The fraction of sp³-hybridized carbons (Fsp3) is 0.318. The molecular weight excluding hydrogens is 434 g/mol. The molecule has 3 amide bonds. The Kier molecular flexibility index (Phi) is 7.04. The Bertz CT molecular complexity index is 901. The average molecular weight is 458 g/mol. The van der Waals surface area contributed by atoms with Crippen LogP contribution in [-0.4, -0.2) is 35.7 Å². The number of nitrogens with zero attached hydrogens (tertiary/aromatic N) is 1. The number of carbonyl (C=O) groups excluding carboxylic acids is 3. The van der Waals surface area contributed by atoms with E-state index >= 15 is 0 Å². The van der Waals surface area contributed by atoms with Crippen LogP contribution in [0.15, 0.2) is 53.0 Å². The summed E-state index contributed by atoms with van der Waals surface area (Å²) < 4.78 is 0.959. The quantitative estimate of drug-likeness (QED) is 0.695. The van der Waals surface area contributed by atoms with Crippen molar-refractivity contribution < 1.29 is 14.4 Å². The van der Waals surface area contributed by atoms with E-state index in [1.807, 2.05) is 49.4 Å². The van der Waals surface area contributed by atoms with Crippen molar-refractivity contribution in [2.24, 2.45) is 0 Å². The fourth-order valence-electron chi connectivity index (χ4n) is 3.40. The van der Waals surface area contributed by atoms with Gasteiger partial charge < -0.3 is 15.5 Å². The molecule has 0 saturated carbocycles. The first-order valence-corrected chi connectivity index (χ1v) is 10.4. The molecule has 6 nitrogen and oxygen atoms in total. The van der Waals surface area contributed by atoms with Crippen molar-refractivity contribution in [2.45, 2.75) is 32.2 Å². The molecule has 1 aliphatic heterocycles. The Morgan fingerprint density at radius 2 is 1.90 bits per heavy atom. The van der Waals surface area contributed by atoms with E-state index < -0.39 is 6.04 Å². The summed E-state index contributed by atoms with van der Waals surface area (Å²) in [5.41, 5.74) is 2.40. The molecule has 1 fully saturated rings. The molecule has 1 aliphatic rings. The smallest absolute Gasteiger partial charge is 0.247 e. The monoisotopic (exact) mass is 457 g/mol. The van der Waals surface area contributed by atoms with Crippen molar-refractivity contribution in [1.29, 1.82) is 0 Å². The maximum atomic E-state index is 13.0. The highest BCUT2D eigenvalue weighted by molar-refractivity contribution is 9.10.